The first-order chi connectivity index (χ1) is 12.5. The molecule has 1 aliphatic heterocycles. The summed E-state index contributed by atoms with van der Waals surface area (Å²) in [7, 11) is -3.70. The summed E-state index contributed by atoms with van der Waals surface area (Å²) in [6.07, 6.45) is 5.04. The van der Waals surface area contributed by atoms with Crippen molar-refractivity contribution >= 4 is 15.9 Å². The smallest absolute Gasteiger partial charge is 0.251 e. The third-order valence-corrected chi connectivity index (χ3v) is 5.59. The molecule has 0 saturated carbocycles. The second kappa shape index (κ2) is 8.43. The highest BCUT2D eigenvalue weighted by atomic mass is 32.2. The van der Waals surface area contributed by atoms with Crippen LogP contribution >= 0.6 is 0 Å². The molecular weight excluding hydrogens is 356 g/mol. The number of nitrogens with zero attached hydrogens (tertiary/aromatic N) is 2. The fourth-order valence-corrected chi connectivity index (χ4v) is 4.05. The lowest BCUT2D eigenvalue weighted by Gasteiger charge is -2.23. The van der Waals surface area contributed by atoms with Crippen molar-refractivity contribution in [1.29, 1.82) is 0 Å². The number of benzene rings is 1. The van der Waals surface area contributed by atoms with Gasteiger partial charge in [0.15, 0.2) is 0 Å². The maximum Gasteiger partial charge on any atom is 0.251 e. The lowest BCUT2D eigenvalue weighted by atomic mass is 10.1. The van der Waals surface area contributed by atoms with Gasteiger partial charge in [-0.2, -0.15) is 5.10 Å². The highest BCUT2D eigenvalue weighted by Crippen LogP contribution is 2.14. The van der Waals surface area contributed by atoms with Crippen LogP contribution < -0.4 is 10.0 Å². The summed E-state index contributed by atoms with van der Waals surface area (Å²) in [5.74, 6) is -0.324. The zero-order valence-corrected chi connectivity index (χ0v) is 15.1. The Kier molecular flexibility index (Phi) is 6.02. The van der Waals surface area contributed by atoms with Crippen LogP contribution in [0, 0.1) is 0 Å². The zero-order chi connectivity index (χ0) is 18.4. The molecule has 1 atom stereocenters. The molecule has 1 aromatic carbocycles. The molecule has 0 bridgehead atoms. The molecule has 0 aliphatic carbocycles. The van der Waals surface area contributed by atoms with E-state index < -0.39 is 10.0 Å². The molecule has 140 valence electrons. The Bertz CT molecular complexity index is 830. The second-order valence-electron chi connectivity index (χ2n) is 6.09. The molecule has 1 amide bonds. The van der Waals surface area contributed by atoms with E-state index in [-0.39, 0.29) is 16.8 Å². The van der Waals surface area contributed by atoms with Crippen LogP contribution in [0.5, 0.6) is 0 Å². The number of nitrogens with one attached hydrogen (secondary N) is 2. The van der Waals surface area contributed by atoms with Crippen LogP contribution in [0.3, 0.4) is 0 Å². The molecular formula is C17H22N4O4S. The Labute approximate surface area is 152 Å². The third-order valence-electron chi connectivity index (χ3n) is 4.07. The fourth-order valence-electron chi connectivity index (χ4n) is 2.74. The van der Waals surface area contributed by atoms with Crippen molar-refractivity contribution in [1.82, 2.24) is 19.8 Å². The van der Waals surface area contributed by atoms with Crippen molar-refractivity contribution in [2.45, 2.75) is 30.3 Å². The van der Waals surface area contributed by atoms with Gasteiger partial charge in [-0.05, 0) is 37.1 Å². The molecule has 1 fully saturated rings. The molecule has 1 saturated heterocycles. The van der Waals surface area contributed by atoms with E-state index in [0.29, 0.717) is 31.9 Å². The first kappa shape index (κ1) is 18.6. The molecule has 9 heteroatoms. The van der Waals surface area contributed by atoms with Gasteiger partial charge in [-0.1, -0.05) is 6.07 Å². The topological polar surface area (TPSA) is 102 Å². The summed E-state index contributed by atoms with van der Waals surface area (Å²) in [5, 5.41) is 6.82. The highest BCUT2D eigenvalue weighted by molar-refractivity contribution is 7.89. The summed E-state index contributed by atoms with van der Waals surface area (Å²) in [6, 6.07) is 7.59. The van der Waals surface area contributed by atoms with Gasteiger partial charge in [0.2, 0.25) is 10.0 Å². The molecule has 1 unspecified atom stereocenters. The molecule has 1 aromatic heterocycles. The quantitative estimate of drug-likeness (QED) is 0.741. The van der Waals surface area contributed by atoms with Crippen LogP contribution in [-0.4, -0.2) is 49.9 Å². The summed E-state index contributed by atoms with van der Waals surface area (Å²) in [5.41, 5.74) is 0.299. The Balaban J connectivity index is 1.61. The number of rotatable bonds is 7. The Hall–Kier alpha value is -2.23. The number of hydrogen-bond acceptors (Lipinski definition) is 5. The minimum Gasteiger partial charge on any atom is -0.380 e. The number of carbonyl (C=O) groups excluding carboxylic acids is 1. The van der Waals surface area contributed by atoms with Crippen molar-refractivity contribution in [3.8, 4) is 0 Å². The average molecular weight is 378 g/mol. The third kappa shape index (κ3) is 4.90. The van der Waals surface area contributed by atoms with Gasteiger partial charge in [0.25, 0.3) is 5.91 Å². The summed E-state index contributed by atoms with van der Waals surface area (Å²) in [4.78, 5) is 12.3. The van der Waals surface area contributed by atoms with Gasteiger partial charge in [0.1, 0.15) is 0 Å². The van der Waals surface area contributed by atoms with Crippen LogP contribution in [0.4, 0.5) is 0 Å². The van der Waals surface area contributed by atoms with E-state index >= 15 is 0 Å². The van der Waals surface area contributed by atoms with E-state index in [9.17, 15) is 13.2 Å². The van der Waals surface area contributed by atoms with Gasteiger partial charge in [0.05, 0.1) is 18.0 Å². The fraction of sp³-hybridized carbons (Fsp3) is 0.412. The number of aromatic nitrogens is 2. The van der Waals surface area contributed by atoms with Crippen LogP contribution in [0.1, 0.15) is 23.2 Å². The molecule has 0 radical (unpaired) electrons. The van der Waals surface area contributed by atoms with Crippen LogP contribution in [0.15, 0.2) is 47.6 Å². The van der Waals surface area contributed by atoms with Crippen LogP contribution in [0.2, 0.25) is 0 Å². The number of hydrogen-bond donors (Lipinski definition) is 2. The maximum atomic E-state index is 12.5. The van der Waals surface area contributed by atoms with E-state index in [2.05, 4.69) is 15.1 Å². The standard InChI is InChI=1S/C17H22N4O4S/c22-17(18-8-10-21-9-3-7-19-21)14-4-1-6-16(12-14)26(23,24)20-15-5-2-11-25-13-15/h1,3-4,6-7,9,12,15,20H,2,5,8,10-11,13H2,(H,18,22). The van der Waals surface area contributed by atoms with Crippen molar-refractivity contribution in [2.24, 2.45) is 0 Å². The largest absolute Gasteiger partial charge is 0.380 e. The Morgan fingerprint density at radius 2 is 2.23 bits per heavy atom. The predicted molar refractivity (Wildman–Crippen MR) is 95.2 cm³/mol. The molecule has 2 heterocycles. The summed E-state index contributed by atoms with van der Waals surface area (Å²) < 4.78 is 34.7. The van der Waals surface area contributed by atoms with E-state index in [1.807, 2.05) is 0 Å². The molecule has 26 heavy (non-hydrogen) atoms. The van der Waals surface area contributed by atoms with E-state index in [1.165, 1.54) is 12.1 Å². The number of ether oxygens (including phenoxy) is 1. The first-order valence-electron chi connectivity index (χ1n) is 8.50. The van der Waals surface area contributed by atoms with Gasteiger partial charge in [-0.3, -0.25) is 9.48 Å². The average Bonchev–Trinajstić information content (AvgIpc) is 3.16. The Morgan fingerprint density at radius 1 is 1.35 bits per heavy atom. The number of carbonyl (C=O) groups is 1. The van der Waals surface area contributed by atoms with Crippen molar-refractivity contribution in [3.05, 3.63) is 48.3 Å². The van der Waals surface area contributed by atoms with E-state index in [0.717, 1.165) is 12.8 Å². The van der Waals surface area contributed by atoms with E-state index in [4.69, 9.17) is 4.74 Å². The zero-order valence-electron chi connectivity index (χ0n) is 14.3. The lowest BCUT2D eigenvalue weighted by molar-refractivity contribution is 0.0774. The molecule has 8 nitrogen and oxygen atoms in total. The van der Waals surface area contributed by atoms with Gasteiger partial charge < -0.3 is 10.1 Å². The lowest BCUT2D eigenvalue weighted by Crippen LogP contribution is -2.40. The van der Waals surface area contributed by atoms with Crippen LogP contribution in [0.25, 0.3) is 0 Å². The van der Waals surface area contributed by atoms with Gasteiger partial charge >= 0.3 is 0 Å². The van der Waals surface area contributed by atoms with Gasteiger partial charge in [-0.25, -0.2) is 13.1 Å². The highest BCUT2D eigenvalue weighted by Gasteiger charge is 2.23. The predicted octanol–water partition coefficient (Wildman–Crippen LogP) is 0.770. The number of amides is 1. The monoisotopic (exact) mass is 378 g/mol. The van der Waals surface area contributed by atoms with Gasteiger partial charge in [0, 0.05) is 37.2 Å². The van der Waals surface area contributed by atoms with Crippen molar-refractivity contribution < 1.29 is 17.9 Å². The first-order valence-corrected chi connectivity index (χ1v) is 9.99. The molecule has 1 aliphatic rings. The Morgan fingerprint density at radius 3 is 2.96 bits per heavy atom. The van der Waals surface area contributed by atoms with E-state index in [1.54, 1.807) is 35.3 Å². The van der Waals surface area contributed by atoms with Crippen molar-refractivity contribution in [3.63, 3.8) is 0 Å². The second-order valence-corrected chi connectivity index (χ2v) is 7.80. The number of sulfonamides is 1. The minimum absolute atomic E-state index is 0.0720. The van der Waals surface area contributed by atoms with Gasteiger partial charge in [-0.15, -0.1) is 0 Å². The van der Waals surface area contributed by atoms with Crippen molar-refractivity contribution in [2.75, 3.05) is 19.8 Å². The maximum absolute atomic E-state index is 12.5. The summed E-state index contributed by atoms with van der Waals surface area (Å²) in [6.45, 7) is 1.97. The molecule has 2 N–H and O–H groups in total. The summed E-state index contributed by atoms with van der Waals surface area (Å²) >= 11 is 0. The molecule has 0 spiro atoms. The molecule has 3 rings (SSSR count). The molecule has 2 aromatic rings. The minimum atomic E-state index is -3.70. The normalized spacial score (nSPS) is 17.8. The van der Waals surface area contributed by atoms with Crippen LogP contribution in [-0.2, 0) is 21.3 Å². The SMILES string of the molecule is O=C(NCCn1cccn1)c1cccc(S(=O)(=O)NC2CCCOC2)c1.